The van der Waals surface area contributed by atoms with Crippen molar-refractivity contribution in [1.29, 1.82) is 0 Å². The fraction of sp³-hybridized carbons (Fsp3) is 0.167. The summed E-state index contributed by atoms with van der Waals surface area (Å²) in [5.41, 5.74) is 1.83. The van der Waals surface area contributed by atoms with Gasteiger partial charge < -0.3 is 14.0 Å². The molecular weight excluding hydrogens is 358 g/mol. The van der Waals surface area contributed by atoms with E-state index in [1.54, 1.807) is 30.9 Å². The number of hydrogen-bond acceptors (Lipinski definition) is 3. The zero-order valence-electron chi connectivity index (χ0n) is 12.9. The number of halogens is 1. The number of methoxy groups -OCH3 is 2. The predicted molar refractivity (Wildman–Crippen MR) is 94.6 cm³/mol. The lowest BCUT2D eigenvalue weighted by Gasteiger charge is -2.13. The van der Waals surface area contributed by atoms with Crippen molar-refractivity contribution in [1.82, 2.24) is 4.57 Å². The van der Waals surface area contributed by atoms with Crippen LogP contribution in [-0.4, -0.2) is 18.8 Å². The SMILES string of the molecule is COc1ccc(Cn2c(=O)ccc3c(OC)c(Br)ccc32)cc1. The Hall–Kier alpha value is -2.27. The molecule has 2 aromatic carbocycles. The highest BCUT2D eigenvalue weighted by atomic mass is 79.9. The topological polar surface area (TPSA) is 40.5 Å². The van der Waals surface area contributed by atoms with Crippen LogP contribution >= 0.6 is 15.9 Å². The quantitative estimate of drug-likeness (QED) is 0.697. The van der Waals surface area contributed by atoms with Crippen molar-refractivity contribution in [3.05, 3.63) is 68.9 Å². The van der Waals surface area contributed by atoms with Crippen LogP contribution < -0.4 is 15.0 Å². The van der Waals surface area contributed by atoms with Crippen molar-refractivity contribution in [2.75, 3.05) is 14.2 Å². The van der Waals surface area contributed by atoms with Gasteiger partial charge in [-0.2, -0.15) is 0 Å². The van der Waals surface area contributed by atoms with Gasteiger partial charge in [-0.1, -0.05) is 12.1 Å². The summed E-state index contributed by atoms with van der Waals surface area (Å²) in [4.78, 5) is 12.3. The molecule has 0 spiro atoms. The summed E-state index contributed by atoms with van der Waals surface area (Å²) in [6.07, 6.45) is 0. The van der Waals surface area contributed by atoms with Crippen molar-refractivity contribution >= 4 is 26.8 Å². The summed E-state index contributed by atoms with van der Waals surface area (Å²) in [5.74, 6) is 1.52. The first-order chi connectivity index (χ1) is 11.1. The summed E-state index contributed by atoms with van der Waals surface area (Å²) in [7, 11) is 3.26. The zero-order chi connectivity index (χ0) is 16.4. The van der Waals surface area contributed by atoms with Crippen molar-refractivity contribution in [2.24, 2.45) is 0 Å². The molecule has 0 amide bonds. The number of hydrogen-bond donors (Lipinski definition) is 0. The second kappa shape index (κ2) is 6.46. The number of rotatable bonds is 4. The number of nitrogens with zero attached hydrogens (tertiary/aromatic N) is 1. The van der Waals surface area contributed by atoms with E-state index in [1.165, 1.54) is 0 Å². The first kappa shape index (κ1) is 15.6. The van der Waals surface area contributed by atoms with Crippen LogP contribution in [0.25, 0.3) is 10.9 Å². The Bertz CT molecular complexity index is 901. The molecule has 0 atom stereocenters. The molecule has 0 radical (unpaired) electrons. The average Bonchev–Trinajstić information content (AvgIpc) is 2.58. The summed E-state index contributed by atoms with van der Waals surface area (Å²) in [6.45, 7) is 0.491. The average molecular weight is 374 g/mol. The van der Waals surface area contributed by atoms with Gasteiger partial charge in [0, 0.05) is 11.5 Å². The Balaban J connectivity index is 2.12. The molecular formula is C18H16BrNO3. The molecule has 0 unspecified atom stereocenters. The van der Waals surface area contributed by atoms with Gasteiger partial charge in [0.2, 0.25) is 0 Å². The summed E-state index contributed by atoms with van der Waals surface area (Å²) >= 11 is 3.48. The predicted octanol–water partition coefficient (Wildman–Crippen LogP) is 3.83. The second-order valence-corrected chi connectivity index (χ2v) is 5.97. The third-order valence-corrected chi connectivity index (χ3v) is 4.40. The van der Waals surface area contributed by atoms with Crippen molar-refractivity contribution in [3.63, 3.8) is 0 Å². The normalized spacial score (nSPS) is 10.7. The van der Waals surface area contributed by atoms with Crippen LogP contribution in [0.15, 0.2) is 57.8 Å². The third kappa shape index (κ3) is 2.97. The molecule has 23 heavy (non-hydrogen) atoms. The van der Waals surface area contributed by atoms with E-state index in [9.17, 15) is 4.79 Å². The van der Waals surface area contributed by atoms with Crippen LogP contribution in [0.3, 0.4) is 0 Å². The molecule has 0 N–H and O–H groups in total. The minimum absolute atomic E-state index is 0.0438. The molecule has 3 aromatic rings. The Morgan fingerprint density at radius 1 is 0.957 bits per heavy atom. The summed E-state index contributed by atoms with van der Waals surface area (Å²) in [5, 5.41) is 0.898. The van der Waals surface area contributed by atoms with Crippen LogP contribution in [-0.2, 0) is 6.54 Å². The van der Waals surface area contributed by atoms with Gasteiger partial charge in [-0.3, -0.25) is 4.79 Å². The molecule has 5 heteroatoms. The van der Waals surface area contributed by atoms with Gasteiger partial charge in [-0.05, 0) is 51.8 Å². The van der Waals surface area contributed by atoms with E-state index in [-0.39, 0.29) is 5.56 Å². The molecule has 0 saturated heterocycles. The molecule has 0 aliphatic rings. The van der Waals surface area contributed by atoms with Gasteiger partial charge >= 0.3 is 0 Å². The van der Waals surface area contributed by atoms with Crippen LogP contribution in [0, 0.1) is 0 Å². The maximum Gasteiger partial charge on any atom is 0.251 e. The van der Waals surface area contributed by atoms with E-state index in [1.807, 2.05) is 36.4 Å². The van der Waals surface area contributed by atoms with Gasteiger partial charge in [-0.25, -0.2) is 0 Å². The minimum Gasteiger partial charge on any atom is -0.497 e. The zero-order valence-corrected chi connectivity index (χ0v) is 14.5. The van der Waals surface area contributed by atoms with Gasteiger partial charge in [0.1, 0.15) is 11.5 Å². The van der Waals surface area contributed by atoms with E-state index >= 15 is 0 Å². The van der Waals surface area contributed by atoms with Crippen molar-refractivity contribution in [3.8, 4) is 11.5 Å². The van der Waals surface area contributed by atoms with Crippen molar-refractivity contribution in [2.45, 2.75) is 6.54 Å². The molecule has 1 aromatic heterocycles. The number of ether oxygens (including phenoxy) is 2. The highest BCUT2D eigenvalue weighted by molar-refractivity contribution is 9.10. The molecule has 1 heterocycles. The van der Waals surface area contributed by atoms with Crippen molar-refractivity contribution < 1.29 is 9.47 Å². The van der Waals surface area contributed by atoms with Gasteiger partial charge in [0.25, 0.3) is 5.56 Å². The lowest BCUT2D eigenvalue weighted by atomic mass is 10.1. The standard InChI is InChI=1S/C18H16BrNO3/c1-22-13-5-3-12(4-6-13)11-20-16-9-8-15(19)18(23-2)14(16)7-10-17(20)21/h3-10H,11H2,1-2H3. The third-order valence-electron chi connectivity index (χ3n) is 3.78. The first-order valence-electron chi connectivity index (χ1n) is 7.13. The Kier molecular flexibility index (Phi) is 4.39. The van der Waals surface area contributed by atoms with Crippen LogP contribution in [0.1, 0.15) is 5.56 Å². The van der Waals surface area contributed by atoms with Crippen LogP contribution in [0.5, 0.6) is 11.5 Å². The Morgan fingerprint density at radius 3 is 2.35 bits per heavy atom. The maximum atomic E-state index is 12.3. The first-order valence-corrected chi connectivity index (χ1v) is 7.92. The largest absolute Gasteiger partial charge is 0.497 e. The number of pyridine rings is 1. The fourth-order valence-electron chi connectivity index (χ4n) is 2.61. The highest BCUT2D eigenvalue weighted by Gasteiger charge is 2.11. The van der Waals surface area contributed by atoms with E-state index < -0.39 is 0 Å². The summed E-state index contributed by atoms with van der Waals surface area (Å²) in [6, 6.07) is 14.9. The monoisotopic (exact) mass is 373 g/mol. The number of benzene rings is 2. The summed E-state index contributed by atoms with van der Waals surface area (Å²) < 4.78 is 13.2. The number of aromatic nitrogens is 1. The number of fused-ring (bicyclic) bond motifs is 1. The molecule has 0 aliphatic heterocycles. The van der Waals surface area contributed by atoms with Crippen LogP contribution in [0.4, 0.5) is 0 Å². The molecule has 0 aliphatic carbocycles. The van der Waals surface area contributed by atoms with E-state index in [0.29, 0.717) is 6.54 Å². The molecule has 0 fully saturated rings. The molecule has 0 saturated carbocycles. The van der Waals surface area contributed by atoms with E-state index in [2.05, 4.69) is 15.9 Å². The van der Waals surface area contributed by atoms with E-state index in [4.69, 9.17) is 9.47 Å². The minimum atomic E-state index is -0.0438. The second-order valence-electron chi connectivity index (χ2n) is 5.12. The fourth-order valence-corrected chi connectivity index (χ4v) is 3.11. The maximum absolute atomic E-state index is 12.3. The van der Waals surface area contributed by atoms with Gasteiger partial charge in [0.05, 0.1) is 30.8 Å². The molecule has 118 valence electrons. The Labute approximate surface area is 142 Å². The van der Waals surface area contributed by atoms with Gasteiger partial charge in [-0.15, -0.1) is 0 Å². The van der Waals surface area contributed by atoms with E-state index in [0.717, 1.165) is 32.4 Å². The lowest BCUT2D eigenvalue weighted by Crippen LogP contribution is -2.20. The lowest BCUT2D eigenvalue weighted by molar-refractivity contribution is 0.414. The highest BCUT2D eigenvalue weighted by Crippen LogP contribution is 2.32. The molecule has 3 rings (SSSR count). The van der Waals surface area contributed by atoms with Crippen LogP contribution in [0.2, 0.25) is 0 Å². The molecule has 0 bridgehead atoms. The van der Waals surface area contributed by atoms with Gasteiger partial charge in [0.15, 0.2) is 0 Å². The smallest absolute Gasteiger partial charge is 0.251 e. The molecule has 4 nitrogen and oxygen atoms in total. The Morgan fingerprint density at radius 2 is 1.70 bits per heavy atom.